The number of anilines is 1. The fraction of sp³-hybridized carbons (Fsp3) is 0.357. The van der Waals surface area contributed by atoms with Crippen molar-refractivity contribution in [3.63, 3.8) is 0 Å². The fourth-order valence-corrected chi connectivity index (χ4v) is 3.15. The number of nitrogens with zero attached hydrogens (tertiary/aromatic N) is 1. The second kappa shape index (κ2) is 6.59. The van der Waals surface area contributed by atoms with Gasteiger partial charge in [-0.1, -0.05) is 28.1 Å². The zero-order valence-electron chi connectivity index (χ0n) is 10.9. The first-order chi connectivity index (χ1) is 9.17. The average Bonchev–Trinajstić information content (AvgIpc) is 2.41. The number of hydrogen-bond donors (Lipinski definition) is 2. The Morgan fingerprint density at radius 3 is 2.84 bits per heavy atom. The van der Waals surface area contributed by atoms with Crippen LogP contribution in [0.1, 0.15) is 6.92 Å². The third kappa shape index (κ3) is 3.22. The van der Waals surface area contributed by atoms with Crippen LogP contribution in [0, 0.1) is 0 Å². The average molecular weight is 341 g/mol. The molecule has 2 N–H and O–H groups in total. The second-order valence-electron chi connectivity index (χ2n) is 4.38. The van der Waals surface area contributed by atoms with E-state index in [1.165, 1.54) is 0 Å². The van der Waals surface area contributed by atoms with Crippen molar-refractivity contribution >= 4 is 44.3 Å². The summed E-state index contributed by atoms with van der Waals surface area (Å²) >= 11 is 5.21. The van der Waals surface area contributed by atoms with Crippen molar-refractivity contribution in [2.45, 2.75) is 18.2 Å². The predicted octanol–water partition coefficient (Wildman–Crippen LogP) is 3.52. The van der Waals surface area contributed by atoms with Gasteiger partial charge in [0.15, 0.2) is 0 Å². The Kier molecular flexibility index (Phi) is 5.07. The number of pyridine rings is 1. The van der Waals surface area contributed by atoms with Crippen LogP contribution in [0.3, 0.4) is 0 Å². The van der Waals surface area contributed by atoms with Crippen molar-refractivity contribution < 1.29 is 5.11 Å². The van der Waals surface area contributed by atoms with Gasteiger partial charge in [0.1, 0.15) is 5.82 Å². The number of rotatable bonds is 5. The van der Waals surface area contributed by atoms with Gasteiger partial charge in [-0.05, 0) is 25.3 Å². The Hall–Kier alpha value is -0.780. The van der Waals surface area contributed by atoms with Crippen LogP contribution in [0.5, 0.6) is 0 Å². The summed E-state index contributed by atoms with van der Waals surface area (Å²) in [6, 6.07) is 8.22. The molecule has 2 aromatic rings. The molecule has 0 bridgehead atoms. The zero-order valence-corrected chi connectivity index (χ0v) is 13.3. The summed E-state index contributed by atoms with van der Waals surface area (Å²) in [7, 11) is 0. The van der Waals surface area contributed by atoms with E-state index in [0.29, 0.717) is 0 Å². The van der Waals surface area contributed by atoms with Gasteiger partial charge in [-0.2, -0.15) is 11.8 Å². The summed E-state index contributed by atoms with van der Waals surface area (Å²) in [5.41, 5.74) is 0. The van der Waals surface area contributed by atoms with Gasteiger partial charge in [-0.3, -0.25) is 0 Å². The third-order valence-electron chi connectivity index (χ3n) is 3.16. The predicted molar refractivity (Wildman–Crippen MR) is 86.9 cm³/mol. The van der Waals surface area contributed by atoms with E-state index >= 15 is 0 Å². The van der Waals surface area contributed by atoms with Gasteiger partial charge in [-0.15, -0.1) is 0 Å². The van der Waals surface area contributed by atoms with E-state index in [0.717, 1.165) is 21.1 Å². The molecule has 2 atom stereocenters. The molecule has 5 heteroatoms. The smallest absolute Gasteiger partial charge is 0.134 e. The number of halogens is 1. The molecule has 19 heavy (non-hydrogen) atoms. The van der Waals surface area contributed by atoms with Crippen molar-refractivity contribution in [2.75, 3.05) is 18.2 Å². The van der Waals surface area contributed by atoms with Crippen molar-refractivity contribution in [1.82, 2.24) is 4.98 Å². The number of hydrogen-bond acceptors (Lipinski definition) is 4. The molecular formula is C14H17BrN2OS. The van der Waals surface area contributed by atoms with Gasteiger partial charge >= 0.3 is 0 Å². The Morgan fingerprint density at radius 1 is 1.37 bits per heavy atom. The summed E-state index contributed by atoms with van der Waals surface area (Å²) in [6.45, 7) is 2.22. The van der Waals surface area contributed by atoms with Crippen LogP contribution in [0.2, 0.25) is 0 Å². The van der Waals surface area contributed by atoms with Gasteiger partial charge in [0.05, 0.1) is 6.61 Å². The zero-order chi connectivity index (χ0) is 13.8. The summed E-state index contributed by atoms with van der Waals surface area (Å²) < 4.78 is 1.06. The minimum absolute atomic E-state index is 0.150. The molecule has 0 aliphatic rings. The number of nitrogens with one attached hydrogen (secondary N) is 1. The van der Waals surface area contributed by atoms with Crippen molar-refractivity contribution in [1.29, 1.82) is 0 Å². The van der Waals surface area contributed by atoms with Crippen molar-refractivity contribution in [3.8, 4) is 0 Å². The largest absolute Gasteiger partial charge is 0.395 e. The molecule has 2 unspecified atom stereocenters. The standard InChI is InChI=1S/C14H17BrN2OS/c1-9(13(8-18)19-2)17-14-11-4-3-5-12(15)10(11)6-7-16-14/h3-7,9,13,18H,8H2,1-2H3,(H,16,17). The highest BCUT2D eigenvalue weighted by Crippen LogP contribution is 2.28. The molecule has 102 valence electrons. The lowest BCUT2D eigenvalue weighted by Gasteiger charge is -2.22. The van der Waals surface area contributed by atoms with Crippen LogP contribution < -0.4 is 5.32 Å². The maximum Gasteiger partial charge on any atom is 0.134 e. The lowest BCUT2D eigenvalue weighted by molar-refractivity contribution is 0.288. The number of thioether (sulfide) groups is 1. The number of benzene rings is 1. The molecule has 1 heterocycles. The second-order valence-corrected chi connectivity index (χ2v) is 6.32. The van der Waals surface area contributed by atoms with E-state index in [1.807, 2.05) is 24.5 Å². The van der Waals surface area contributed by atoms with Crippen LogP contribution in [0.4, 0.5) is 5.82 Å². The lowest BCUT2D eigenvalue weighted by atomic mass is 10.1. The SMILES string of the molecule is CSC(CO)C(C)Nc1nccc2c(Br)cccc12. The van der Waals surface area contributed by atoms with Gasteiger partial charge in [0, 0.05) is 32.7 Å². The van der Waals surface area contributed by atoms with Crippen LogP contribution in [0.15, 0.2) is 34.9 Å². The normalized spacial score (nSPS) is 14.3. The van der Waals surface area contributed by atoms with Crippen molar-refractivity contribution in [3.05, 3.63) is 34.9 Å². The first-order valence-electron chi connectivity index (χ1n) is 6.10. The molecule has 0 radical (unpaired) electrons. The summed E-state index contributed by atoms with van der Waals surface area (Å²) in [4.78, 5) is 4.42. The quantitative estimate of drug-likeness (QED) is 0.873. The highest BCUT2D eigenvalue weighted by molar-refractivity contribution is 9.10. The summed E-state index contributed by atoms with van der Waals surface area (Å²) in [5.74, 6) is 0.860. The van der Waals surface area contributed by atoms with E-state index in [1.54, 1.807) is 18.0 Å². The molecule has 0 fully saturated rings. The monoisotopic (exact) mass is 340 g/mol. The summed E-state index contributed by atoms with van der Waals surface area (Å²) in [5, 5.41) is 15.1. The van der Waals surface area contributed by atoms with E-state index in [2.05, 4.69) is 39.2 Å². The maximum absolute atomic E-state index is 9.34. The number of aliphatic hydroxyl groups excluding tert-OH is 1. The number of aromatic nitrogens is 1. The molecule has 0 aliphatic carbocycles. The van der Waals surface area contributed by atoms with Crippen LogP contribution >= 0.6 is 27.7 Å². The van der Waals surface area contributed by atoms with Crippen LogP contribution in [-0.4, -0.2) is 34.2 Å². The molecular weight excluding hydrogens is 324 g/mol. The van der Waals surface area contributed by atoms with Gasteiger partial charge in [0.2, 0.25) is 0 Å². The minimum atomic E-state index is 0.150. The minimum Gasteiger partial charge on any atom is -0.395 e. The molecule has 0 aliphatic heterocycles. The van der Waals surface area contributed by atoms with E-state index < -0.39 is 0 Å². The maximum atomic E-state index is 9.34. The summed E-state index contributed by atoms with van der Waals surface area (Å²) in [6.07, 6.45) is 3.81. The molecule has 0 amide bonds. The van der Waals surface area contributed by atoms with E-state index in [4.69, 9.17) is 0 Å². The fourth-order valence-electron chi connectivity index (χ4n) is 2.03. The Morgan fingerprint density at radius 2 is 2.16 bits per heavy atom. The molecule has 1 aromatic heterocycles. The van der Waals surface area contributed by atoms with Crippen LogP contribution in [0.25, 0.3) is 10.8 Å². The Labute approximate surface area is 125 Å². The van der Waals surface area contributed by atoms with E-state index in [-0.39, 0.29) is 17.9 Å². The highest BCUT2D eigenvalue weighted by atomic mass is 79.9. The first kappa shape index (κ1) is 14.6. The molecule has 0 spiro atoms. The van der Waals surface area contributed by atoms with Crippen molar-refractivity contribution in [2.24, 2.45) is 0 Å². The third-order valence-corrected chi connectivity index (χ3v) is 5.01. The molecule has 2 rings (SSSR count). The molecule has 1 aromatic carbocycles. The lowest BCUT2D eigenvalue weighted by Crippen LogP contribution is -2.31. The van der Waals surface area contributed by atoms with Gasteiger partial charge in [-0.25, -0.2) is 4.98 Å². The number of fused-ring (bicyclic) bond motifs is 1. The number of aliphatic hydroxyl groups is 1. The molecule has 3 nitrogen and oxygen atoms in total. The molecule has 0 saturated heterocycles. The van der Waals surface area contributed by atoms with Gasteiger partial charge < -0.3 is 10.4 Å². The Bertz CT molecular complexity index is 560. The van der Waals surface area contributed by atoms with Gasteiger partial charge in [0.25, 0.3) is 0 Å². The highest BCUT2D eigenvalue weighted by Gasteiger charge is 2.16. The topological polar surface area (TPSA) is 45.1 Å². The first-order valence-corrected chi connectivity index (χ1v) is 8.19. The molecule has 0 saturated carbocycles. The Balaban J connectivity index is 2.33. The van der Waals surface area contributed by atoms with E-state index in [9.17, 15) is 5.11 Å². The van der Waals surface area contributed by atoms with Crippen LogP contribution in [-0.2, 0) is 0 Å².